The topological polar surface area (TPSA) is 81.0 Å². The maximum absolute atomic E-state index is 11.2. The standard InChI is InChI=1S/C12H15N3O3/c1-3-17-10(16)5-4-9-13-12(15-14-9)11-8(2)6-7-18-11/h6-7H,3-5H2,1-2H3,(H,13,14,15). The summed E-state index contributed by atoms with van der Waals surface area (Å²) in [6, 6.07) is 1.85. The van der Waals surface area contributed by atoms with Crippen LogP contribution < -0.4 is 0 Å². The van der Waals surface area contributed by atoms with Crippen LogP contribution in [-0.2, 0) is 16.0 Å². The predicted molar refractivity (Wildman–Crippen MR) is 63.8 cm³/mol. The second-order valence-corrected chi connectivity index (χ2v) is 3.84. The molecule has 0 aliphatic heterocycles. The van der Waals surface area contributed by atoms with Gasteiger partial charge in [-0.05, 0) is 25.5 Å². The van der Waals surface area contributed by atoms with Crippen LogP contribution in [0, 0.1) is 6.92 Å². The lowest BCUT2D eigenvalue weighted by atomic mass is 10.3. The minimum absolute atomic E-state index is 0.232. The Morgan fingerprint density at radius 2 is 2.39 bits per heavy atom. The first-order chi connectivity index (χ1) is 8.70. The Labute approximate surface area is 104 Å². The summed E-state index contributed by atoms with van der Waals surface area (Å²) in [7, 11) is 0. The van der Waals surface area contributed by atoms with Crippen LogP contribution in [-0.4, -0.2) is 27.8 Å². The third-order valence-corrected chi connectivity index (χ3v) is 2.47. The molecular formula is C12H15N3O3. The van der Waals surface area contributed by atoms with Crippen LogP contribution in [0.4, 0.5) is 0 Å². The molecule has 96 valence electrons. The monoisotopic (exact) mass is 249 g/mol. The van der Waals surface area contributed by atoms with Gasteiger partial charge in [0.2, 0.25) is 5.82 Å². The molecule has 2 heterocycles. The number of aromatic amines is 1. The van der Waals surface area contributed by atoms with Crippen LogP contribution in [0.15, 0.2) is 16.7 Å². The van der Waals surface area contributed by atoms with Gasteiger partial charge in [-0.15, -0.1) is 0 Å². The molecule has 0 radical (unpaired) electrons. The number of hydrogen-bond donors (Lipinski definition) is 1. The SMILES string of the molecule is CCOC(=O)CCc1nc(-c2occc2C)n[nH]1. The number of nitrogens with zero attached hydrogens (tertiary/aromatic N) is 2. The first-order valence-electron chi connectivity index (χ1n) is 5.82. The van der Waals surface area contributed by atoms with Gasteiger partial charge in [0.15, 0.2) is 5.76 Å². The number of esters is 1. The summed E-state index contributed by atoms with van der Waals surface area (Å²) in [5.41, 5.74) is 0.978. The largest absolute Gasteiger partial charge is 0.466 e. The number of nitrogens with one attached hydrogen (secondary N) is 1. The summed E-state index contributed by atoms with van der Waals surface area (Å²) in [6.07, 6.45) is 2.37. The van der Waals surface area contributed by atoms with Crippen molar-refractivity contribution in [1.82, 2.24) is 15.2 Å². The first kappa shape index (κ1) is 12.3. The molecule has 0 spiro atoms. The van der Waals surface area contributed by atoms with E-state index in [4.69, 9.17) is 9.15 Å². The molecule has 2 aromatic rings. The third kappa shape index (κ3) is 2.77. The van der Waals surface area contributed by atoms with E-state index in [9.17, 15) is 4.79 Å². The van der Waals surface area contributed by atoms with Crippen LogP contribution in [0.2, 0.25) is 0 Å². The number of rotatable bonds is 5. The van der Waals surface area contributed by atoms with Crippen LogP contribution in [0.3, 0.4) is 0 Å². The Morgan fingerprint density at radius 3 is 3.06 bits per heavy atom. The minimum atomic E-state index is -0.232. The van der Waals surface area contributed by atoms with Crippen LogP contribution in [0.5, 0.6) is 0 Å². The fourth-order valence-electron chi connectivity index (χ4n) is 1.56. The normalized spacial score (nSPS) is 10.6. The molecule has 6 nitrogen and oxygen atoms in total. The first-order valence-corrected chi connectivity index (χ1v) is 5.82. The van der Waals surface area contributed by atoms with Crippen molar-refractivity contribution >= 4 is 5.97 Å². The van der Waals surface area contributed by atoms with Gasteiger partial charge in [0.25, 0.3) is 0 Å². The number of furan rings is 1. The van der Waals surface area contributed by atoms with Crippen LogP contribution in [0.25, 0.3) is 11.6 Å². The molecule has 0 aliphatic rings. The summed E-state index contributed by atoms with van der Waals surface area (Å²) in [4.78, 5) is 15.5. The lowest BCUT2D eigenvalue weighted by molar-refractivity contribution is -0.143. The molecule has 0 saturated carbocycles. The number of aryl methyl sites for hydroxylation is 2. The number of aromatic nitrogens is 3. The molecule has 0 unspecified atom stereocenters. The van der Waals surface area contributed by atoms with E-state index in [1.807, 2.05) is 13.0 Å². The molecule has 6 heteroatoms. The second-order valence-electron chi connectivity index (χ2n) is 3.84. The number of ether oxygens (including phenoxy) is 1. The molecule has 18 heavy (non-hydrogen) atoms. The van der Waals surface area contributed by atoms with E-state index in [-0.39, 0.29) is 5.97 Å². The quantitative estimate of drug-likeness (QED) is 0.818. The van der Waals surface area contributed by atoms with Gasteiger partial charge in [0.1, 0.15) is 5.82 Å². The van der Waals surface area contributed by atoms with Crippen molar-refractivity contribution in [2.24, 2.45) is 0 Å². The Balaban J connectivity index is 1.99. The average molecular weight is 249 g/mol. The van der Waals surface area contributed by atoms with E-state index >= 15 is 0 Å². The van der Waals surface area contributed by atoms with Gasteiger partial charge in [0.05, 0.1) is 19.3 Å². The fourth-order valence-corrected chi connectivity index (χ4v) is 1.56. The van der Waals surface area contributed by atoms with Crippen molar-refractivity contribution < 1.29 is 13.9 Å². The van der Waals surface area contributed by atoms with E-state index in [1.54, 1.807) is 13.2 Å². The molecule has 2 aromatic heterocycles. The average Bonchev–Trinajstić information content (AvgIpc) is 2.95. The van der Waals surface area contributed by atoms with Gasteiger partial charge in [0, 0.05) is 6.42 Å². The Bertz CT molecular complexity index is 530. The highest BCUT2D eigenvalue weighted by Crippen LogP contribution is 2.20. The summed E-state index contributed by atoms with van der Waals surface area (Å²) >= 11 is 0. The molecular weight excluding hydrogens is 234 g/mol. The summed E-state index contributed by atoms with van der Waals surface area (Å²) in [5.74, 6) is 1.57. The van der Waals surface area contributed by atoms with E-state index in [1.165, 1.54) is 0 Å². The maximum atomic E-state index is 11.2. The zero-order valence-electron chi connectivity index (χ0n) is 10.4. The van der Waals surface area contributed by atoms with Crippen molar-refractivity contribution in [3.8, 4) is 11.6 Å². The van der Waals surface area contributed by atoms with Gasteiger partial charge in [-0.3, -0.25) is 9.89 Å². The van der Waals surface area contributed by atoms with Gasteiger partial charge in [-0.1, -0.05) is 0 Å². The van der Waals surface area contributed by atoms with E-state index in [0.717, 1.165) is 5.56 Å². The third-order valence-electron chi connectivity index (χ3n) is 2.47. The molecule has 1 N–H and O–H groups in total. The van der Waals surface area contributed by atoms with E-state index in [0.29, 0.717) is 36.9 Å². The number of carbonyl (C=O) groups excluding carboxylic acids is 1. The molecule has 0 amide bonds. The minimum Gasteiger partial charge on any atom is -0.466 e. The number of carbonyl (C=O) groups is 1. The van der Waals surface area contributed by atoms with Crippen molar-refractivity contribution in [2.75, 3.05) is 6.61 Å². The highest BCUT2D eigenvalue weighted by Gasteiger charge is 2.12. The fraction of sp³-hybridized carbons (Fsp3) is 0.417. The number of H-pyrrole nitrogens is 1. The second kappa shape index (κ2) is 5.48. The number of hydrogen-bond acceptors (Lipinski definition) is 5. The zero-order chi connectivity index (χ0) is 13.0. The van der Waals surface area contributed by atoms with Crippen molar-refractivity contribution in [2.45, 2.75) is 26.7 Å². The van der Waals surface area contributed by atoms with Gasteiger partial charge < -0.3 is 9.15 Å². The molecule has 0 bridgehead atoms. The summed E-state index contributed by atoms with van der Waals surface area (Å²) in [6.45, 7) is 4.10. The summed E-state index contributed by atoms with van der Waals surface area (Å²) in [5, 5.41) is 6.85. The van der Waals surface area contributed by atoms with Crippen molar-refractivity contribution in [1.29, 1.82) is 0 Å². The highest BCUT2D eigenvalue weighted by molar-refractivity contribution is 5.69. The van der Waals surface area contributed by atoms with Crippen molar-refractivity contribution in [3.05, 3.63) is 23.7 Å². The van der Waals surface area contributed by atoms with Gasteiger partial charge in [-0.2, -0.15) is 5.10 Å². The highest BCUT2D eigenvalue weighted by atomic mass is 16.5. The smallest absolute Gasteiger partial charge is 0.306 e. The lowest BCUT2D eigenvalue weighted by Crippen LogP contribution is -2.05. The molecule has 0 aromatic carbocycles. The molecule has 0 fully saturated rings. The van der Waals surface area contributed by atoms with Crippen LogP contribution in [0.1, 0.15) is 24.7 Å². The Hall–Kier alpha value is -2.11. The lowest BCUT2D eigenvalue weighted by Gasteiger charge is -1.98. The van der Waals surface area contributed by atoms with Gasteiger partial charge >= 0.3 is 5.97 Å². The molecule has 0 saturated heterocycles. The molecule has 0 atom stereocenters. The molecule has 0 aliphatic carbocycles. The summed E-state index contributed by atoms with van der Waals surface area (Å²) < 4.78 is 10.1. The van der Waals surface area contributed by atoms with E-state index in [2.05, 4.69) is 15.2 Å². The van der Waals surface area contributed by atoms with E-state index < -0.39 is 0 Å². The Kier molecular flexibility index (Phi) is 3.76. The predicted octanol–water partition coefficient (Wildman–Crippen LogP) is 1.87. The maximum Gasteiger partial charge on any atom is 0.306 e. The Morgan fingerprint density at radius 1 is 1.56 bits per heavy atom. The van der Waals surface area contributed by atoms with Crippen molar-refractivity contribution in [3.63, 3.8) is 0 Å². The molecule has 2 rings (SSSR count). The van der Waals surface area contributed by atoms with Gasteiger partial charge in [-0.25, -0.2) is 4.98 Å². The van der Waals surface area contributed by atoms with Crippen LogP contribution >= 0.6 is 0 Å². The zero-order valence-corrected chi connectivity index (χ0v) is 10.4.